The fraction of sp³-hybridized carbons (Fsp3) is 0.0476. The summed E-state index contributed by atoms with van der Waals surface area (Å²) < 4.78 is 8.09. The van der Waals surface area contributed by atoms with Crippen molar-refractivity contribution in [3.05, 3.63) is 72.6 Å². The molecule has 2 heterocycles. The zero-order valence-corrected chi connectivity index (χ0v) is 14.1. The second-order valence-electron chi connectivity index (χ2n) is 5.98. The van der Waals surface area contributed by atoms with E-state index >= 15 is 0 Å². The van der Waals surface area contributed by atoms with Crippen molar-refractivity contribution in [3.63, 3.8) is 0 Å². The fourth-order valence-electron chi connectivity index (χ4n) is 3.06. The summed E-state index contributed by atoms with van der Waals surface area (Å²) in [6.45, 7) is 0. The van der Waals surface area contributed by atoms with Gasteiger partial charge in [0.25, 0.3) is 0 Å². The number of benzene rings is 2. The molecule has 26 heavy (non-hydrogen) atoms. The molecule has 5 heteroatoms. The number of aromatic nitrogens is 2. The predicted octanol–water partition coefficient (Wildman–Crippen LogP) is 4.62. The van der Waals surface area contributed by atoms with E-state index in [2.05, 4.69) is 4.98 Å². The van der Waals surface area contributed by atoms with Gasteiger partial charge in [0.1, 0.15) is 11.5 Å². The molecule has 2 aromatic carbocycles. The topological polar surface area (TPSA) is 64.4 Å². The first-order valence-electron chi connectivity index (χ1n) is 8.13. The van der Waals surface area contributed by atoms with Crippen LogP contribution in [-0.2, 0) is 11.8 Å². The van der Waals surface area contributed by atoms with E-state index in [9.17, 15) is 4.79 Å². The number of hydrogen-bond donors (Lipinski definition) is 1. The lowest BCUT2D eigenvalue weighted by Gasteiger charge is -2.09. The Hall–Kier alpha value is -3.60. The van der Waals surface area contributed by atoms with Gasteiger partial charge in [-0.05, 0) is 42.5 Å². The largest absolute Gasteiger partial charge is 0.478 e. The van der Waals surface area contributed by atoms with Crippen molar-refractivity contribution in [2.24, 2.45) is 7.05 Å². The van der Waals surface area contributed by atoms with Gasteiger partial charge in [-0.3, -0.25) is 4.98 Å². The van der Waals surface area contributed by atoms with E-state index in [1.807, 2.05) is 66.3 Å². The molecular weight excluding hydrogens is 328 g/mol. The number of carbonyl (C=O) groups is 1. The lowest BCUT2D eigenvalue weighted by atomic mass is 10.1. The summed E-state index contributed by atoms with van der Waals surface area (Å²) in [5.74, 6) is 0.397. The summed E-state index contributed by atoms with van der Waals surface area (Å²) >= 11 is 0. The van der Waals surface area contributed by atoms with E-state index in [4.69, 9.17) is 9.84 Å². The average Bonchev–Trinajstić information content (AvgIpc) is 2.97. The second kappa shape index (κ2) is 6.37. The van der Waals surface area contributed by atoms with Crippen LogP contribution in [0.25, 0.3) is 27.9 Å². The number of carboxylic acid groups (broad SMARTS) is 1. The molecule has 5 nitrogen and oxygen atoms in total. The quantitative estimate of drug-likeness (QED) is 0.549. The molecule has 4 rings (SSSR count). The van der Waals surface area contributed by atoms with E-state index in [0.29, 0.717) is 11.5 Å². The summed E-state index contributed by atoms with van der Waals surface area (Å²) in [4.78, 5) is 15.2. The molecule has 0 aliphatic carbocycles. The lowest BCUT2D eigenvalue weighted by Crippen LogP contribution is -1.88. The van der Waals surface area contributed by atoms with Crippen LogP contribution in [0.1, 0.15) is 5.56 Å². The molecule has 0 bridgehead atoms. The number of nitrogens with zero attached hydrogens (tertiary/aromatic N) is 2. The van der Waals surface area contributed by atoms with Crippen LogP contribution in [0, 0.1) is 0 Å². The normalized spacial score (nSPS) is 11.4. The van der Waals surface area contributed by atoms with Crippen LogP contribution in [0.15, 0.2) is 67.0 Å². The van der Waals surface area contributed by atoms with Crippen molar-refractivity contribution < 1.29 is 14.6 Å². The summed E-state index contributed by atoms with van der Waals surface area (Å²) in [5, 5.41) is 10.8. The predicted molar refractivity (Wildman–Crippen MR) is 101 cm³/mol. The Balaban J connectivity index is 1.81. The van der Waals surface area contributed by atoms with Gasteiger partial charge in [-0.15, -0.1) is 0 Å². The van der Waals surface area contributed by atoms with E-state index in [1.54, 1.807) is 12.3 Å². The number of rotatable bonds is 4. The molecule has 0 radical (unpaired) electrons. The maximum atomic E-state index is 10.9. The third-order valence-corrected chi connectivity index (χ3v) is 4.21. The molecule has 1 N–H and O–H groups in total. The number of hydrogen-bond acceptors (Lipinski definition) is 3. The van der Waals surface area contributed by atoms with E-state index in [1.165, 1.54) is 0 Å². The second-order valence-corrected chi connectivity index (χ2v) is 5.98. The highest BCUT2D eigenvalue weighted by atomic mass is 16.5. The summed E-state index contributed by atoms with van der Waals surface area (Å²) in [5.41, 5.74) is 2.67. The summed E-state index contributed by atoms with van der Waals surface area (Å²) in [7, 11) is 1.92. The molecule has 0 fully saturated rings. The smallest absolute Gasteiger partial charge is 0.328 e. The minimum absolute atomic E-state index is 0.677. The zero-order chi connectivity index (χ0) is 18.1. The van der Waals surface area contributed by atoms with Gasteiger partial charge in [-0.1, -0.05) is 12.1 Å². The molecule has 0 saturated carbocycles. The first kappa shape index (κ1) is 15.9. The molecule has 2 aromatic heterocycles. The Morgan fingerprint density at radius 2 is 2.08 bits per heavy atom. The molecule has 0 aliphatic rings. The lowest BCUT2D eigenvalue weighted by molar-refractivity contribution is -0.131. The van der Waals surface area contributed by atoms with Gasteiger partial charge in [-0.25, -0.2) is 4.79 Å². The van der Waals surface area contributed by atoms with Crippen LogP contribution in [-0.4, -0.2) is 20.6 Å². The molecular formula is C21H16N2O3. The van der Waals surface area contributed by atoms with Crippen LogP contribution >= 0.6 is 0 Å². The highest BCUT2D eigenvalue weighted by molar-refractivity contribution is 5.97. The van der Waals surface area contributed by atoms with Crippen molar-refractivity contribution in [3.8, 4) is 11.5 Å². The maximum Gasteiger partial charge on any atom is 0.328 e. The van der Waals surface area contributed by atoms with Gasteiger partial charge in [0, 0.05) is 41.9 Å². The molecule has 0 atom stereocenters. The fourth-order valence-corrected chi connectivity index (χ4v) is 3.06. The van der Waals surface area contributed by atoms with Crippen LogP contribution in [0.5, 0.6) is 11.5 Å². The van der Waals surface area contributed by atoms with Crippen LogP contribution in [0.3, 0.4) is 0 Å². The van der Waals surface area contributed by atoms with Gasteiger partial charge in [-0.2, -0.15) is 0 Å². The van der Waals surface area contributed by atoms with Crippen molar-refractivity contribution in [2.75, 3.05) is 0 Å². The third-order valence-electron chi connectivity index (χ3n) is 4.21. The standard InChI is InChI=1S/C21H16N2O3/c1-23-13-15(7-10-20(24)25)21-18(23)5-2-6-19(21)26-16-8-9-17-14(12-16)4-3-11-22-17/h2-13H,1H3,(H,24,25). The minimum Gasteiger partial charge on any atom is -0.478 e. The van der Waals surface area contributed by atoms with Crippen molar-refractivity contribution in [2.45, 2.75) is 0 Å². The van der Waals surface area contributed by atoms with Crippen LogP contribution < -0.4 is 4.74 Å². The average molecular weight is 344 g/mol. The summed E-state index contributed by atoms with van der Waals surface area (Å²) in [6, 6.07) is 15.4. The highest BCUT2D eigenvalue weighted by Crippen LogP contribution is 2.34. The molecule has 0 aliphatic heterocycles. The number of aliphatic carboxylic acids is 1. The van der Waals surface area contributed by atoms with Crippen molar-refractivity contribution in [1.29, 1.82) is 0 Å². The maximum absolute atomic E-state index is 10.9. The number of carboxylic acids is 1. The van der Waals surface area contributed by atoms with E-state index in [0.717, 1.165) is 33.4 Å². The molecule has 0 saturated heterocycles. The SMILES string of the molecule is Cn1cc(C=CC(=O)O)c2c(Oc3ccc4ncccc4c3)cccc21. The number of ether oxygens (including phenoxy) is 1. The third kappa shape index (κ3) is 2.91. The van der Waals surface area contributed by atoms with Crippen LogP contribution in [0.4, 0.5) is 0 Å². The number of aryl methyl sites for hydroxylation is 1. The number of pyridine rings is 1. The first-order valence-corrected chi connectivity index (χ1v) is 8.13. The van der Waals surface area contributed by atoms with Gasteiger partial charge >= 0.3 is 5.97 Å². The van der Waals surface area contributed by atoms with Crippen LogP contribution in [0.2, 0.25) is 0 Å². The Bertz CT molecular complexity index is 1160. The Morgan fingerprint density at radius 1 is 1.19 bits per heavy atom. The minimum atomic E-state index is -0.984. The van der Waals surface area contributed by atoms with Gasteiger partial charge in [0.15, 0.2) is 0 Å². The first-order chi connectivity index (χ1) is 12.6. The molecule has 0 spiro atoms. The van der Waals surface area contributed by atoms with E-state index < -0.39 is 5.97 Å². The Labute approximate surface area is 149 Å². The Morgan fingerprint density at radius 3 is 2.92 bits per heavy atom. The van der Waals surface area contributed by atoms with E-state index in [-0.39, 0.29) is 0 Å². The van der Waals surface area contributed by atoms with Crippen molar-refractivity contribution >= 4 is 33.9 Å². The van der Waals surface area contributed by atoms with Gasteiger partial charge < -0.3 is 14.4 Å². The number of fused-ring (bicyclic) bond motifs is 2. The Kier molecular flexibility index (Phi) is 3.89. The zero-order valence-electron chi connectivity index (χ0n) is 14.1. The molecule has 4 aromatic rings. The molecule has 0 amide bonds. The van der Waals surface area contributed by atoms with Gasteiger partial charge in [0.05, 0.1) is 11.0 Å². The highest BCUT2D eigenvalue weighted by Gasteiger charge is 2.11. The van der Waals surface area contributed by atoms with Gasteiger partial charge in [0.2, 0.25) is 0 Å². The molecule has 128 valence electrons. The summed E-state index contributed by atoms with van der Waals surface area (Å²) in [6.07, 6.45) is 6.37. The van der Waals surface area contributed by atoms with Crippen molar-refractivity contribution in [1.82, 2.24) is 9.55 Å². The molecule has 0 unspecified atom stereocenters. The monoisotopic (exact) mass is 344 g/mol.